The molecule has 0 saturated carbocycles. The highest BCUT2D eigenvalue weighted by molar-refractivity contribution is 7.93. The van der Waals surface area contributed by atoms with Crippen molar-refractivity contribution in [1.29, 1.82) is 0 Å². The molecule has 0 radical (unpaired) electrons. The van der Waals surface area contributed by atoms with Crippen molar-refractivity contribution in [3.05, 3.63) is 58.4 Å². The number of amides is 1. The predicted octanol–water partition coefficient (Wildman–Crippen LogP) is 4.67. The maximum Gasteiger partial charge on any atom is 0.289 e. The third-order valence-corrected chi connectivity index (χ3v) is 7.24. The number of nitrogens with one attached hydrogen (secondary N) is 1. The Morgan fingerprint density at radius 1 is 1.06 bits per heavy atom. The molecule has 31 heavy (non-hydrogen) atoms. The van der Waals surface area contributed by atoms with Crippen LogP contribution in [0.1, 0.15) is 40.1 Å². The number of nitrogens with zero attached hydrogens (tertiary/aromatic N) is 1. The summed E-state index contributed by atoms with van der Waals surface area (Å²) in [5.74, 6) is -2.03. The molecule has 1 saturated heterocycles. The lowest BCUT2D eigenvalue weighted by Crippen LogP contribution is -2.27. The van der Waals surface area contributed by atoms with Crippen molar-refractivity contribution in [2.75, 3.05) is 17.8 Å². The lowest BCUT2D eigenvalue weighted by Gasteiger charge is -2.14. The number of likely N-dealkylation sites (tertiary alicyclic amines) is 1. The Kier molecular flexibility index (Phi) is 5.25. The number of fused-ring (bicyclic) bond motifs is 1. The van der Waals surface area contributed by atoms with Crippen molar-refractivity contribution >= 4 is 32.6 Å². The minimum Gasteiger partial charge on any atom is -0.449 e. The van der Waals surface area contributed by atoms with Gasteiger partial charge in [0.25, 0.3) is 15.9 Å². The van der Waals surface area contributed by atoms with E-state index < -0.39 is 21.7 Å². The molecule has 1 N–H and O–H groups in total. The molecule has 0 unspecified atom stereocenters. The highest BCUT2D eigenvalue weighted by Crippen LogP contribution is 2.36. The molecule has 0 aliphatic carbocycles. The summed E-state index contributed by atoms with van der Waals surface area (Å²) in [5.41, 5.74) is 1.30. The molecular weight excluding hydrogens is 426 g/mol. The minimum absolute atomic E-state index is 0.0400. The molecule has 3 aromatic rings. The first-order valence-electron chi connectivity index (χ1n) is 9.90. The first kappa shape index (κ1) is 21.3. The molecule has 1 aromatic heterocycles. The van der Waals surface area contributed by atoms with Gasteiger partial charge in [-0.25, -0.2) is 17.2 Å². The average Bonchev–Trinajstić information content (AvgIpc) is 3.33. The number of anilines is 1. The molecule has 0 spiro atoms. The SMILES string of the molecule is Cc1cc2c(C)c(C(=O)N3CCCC3)oc2c(S(=O)(=O)Nc2ccc(F)cc2F)c1C. The van der Waals surface area contributed by atoms with E-state index in [1.807, 2.05) is 0 Å². The molecule has 1 fully saturated rings. The van der Waals surface area contributed by atoms with Crippen LogP contribution < -0.4 is 4.72 Å². The maximum absolute atomic E-state index is 14.1. The number of halogens is 2. The van der Waals surface area contributed by atoms with Gasteiger partial charge >= 0.3 is 0 Å². The van der Waals surface area contributed by atoms with Crippen molar-refractivity contribution in [1.82, 2.24) is 4.90 Å². The van der Waals surface area contributed by atoms with Crippen molar-refractivity contribution in [3.63, 3.8) is 0 Å². The monoisotopic (exact) mass is 448 g/mol. The summed E-state index contributed by atoms with van der Waals surface area (Å²) in [6.45, 7) is 6.34. The molecule has 6 nitrogen and oxygen atoms in total. The normalized spacial score (nSPS) is 14.4. The van der Waals surface area contributed by atoms with Gasteiger partial charge in [-0.15, -0.1) is 0 Å². The second-order valence-corrected chi connectivity index (χ2v) is 9.43. The second-order valence-electron chi connectivity index (χ2n) is 7.81. The number of carbonyl (C=O) groups excluding carboxylic acids is 1. The molecule has 1 aliphatic heterocycles. The van der Waals surface area contributed by atoms with Gasteiger partial charge in [-0.1, -0.05) is 0 Å². The number of benzene rings is 2. The van der Waals surface area contributed by atoms with Crippen LogP contribution in [0.5, 0.6) is 0 Å². The van der Waals surface area contributed by atoms with Gasteiger partial charge < -0.3 is 9.32 Å². The molecule has 1 amide bonds. The summed E-state index contributed by atoms with van der Waals surface area (Å²) in [5, 5.41) is 0.505. The number of furan rings is 1. The fourth-order valence-corrected chi connectivity index (χ4v) is 5.42. The first-order valence-corrected chi connectivity index (χ1v) is 11.4. The van der Waals surface area contributed by atoms with E-state index in [-0.39, 0.29) is 27.8 Å². The summed E-state index contributed by atoms with van der Waals surface area (Å²) in [7, 11) is -4.31. The molecule has 0 atom stereocenters. The van der Waals surface area contributed by atoms with Crippen molar-refractivity contribution in [3.8, 4) is 0 Å². The molecule has 1 aliphatic rings. The highest BCUT2D eigenvalue weighted by atomic mass is 32.2. The smallest absolute Gasteiger partial charge is 0.289 e. The summed E-state index contributed by atoms with van der Waals surface area (Å²) in [6, 6.07) is 4.35. The molecule has 4 rings (SSSR count). The van der Waals surface area contributed by atoms with Crippen LogP contribution in [0.4, 0.5) is 14.5 Å². The van der Waals surface area contributed by atoms with Crippen LogP contribution in [0.25, 0.3) is 11.0 Å². The van der Waals surface area contributed by atoms with Gasteiger partial charge in [-0.05, 0) is 62.9 Å². The summed E-state index contributed by atoms with van der Waals surface area (Å²) < 4.78 is 61.8. The fourth-order valence-electron chi connectivity index (χ4n) is 3.90. The van der Waals surface area contributed by atoms with E-state index in [4.69, 9.17) is 4.42 Å². The Labute approximate surface area is 178 Å². The zero-order valence-corrected chi connectivity index (χ0v) is 18.2. The molecule has 2 aromatic carbocycles. The summed E-state index contributed by atoms with van der Waals surface area (Å²) >= 11 is 0. The lowest BCUT2D eigenvalue weighted by molar-refractivity contribution is 0.0762. The van der Waals surface area contributed by atoms with Crippen LogP contribution in [0.15, 0.2) is 33.6 Å². The number of sulfonamides is 1. The Hall–Kier alpha value is -2.94. The third-order valence-electron chi connectivity index (χ3n) is 5.72. The molecule has 0 bridgehead atoms. The zero-order valence-electron chi connectivity index (χ0n) is 17.4. The van der Waals surface area contributed by atoms with E-state index in [0.29, 0.717) is 41.2 Å². The quantitative estimate of drug-likeness (QED) is 0.629. The maximum atomic E-state index is 14.1. The van der Waals surface area contributed by atoms with Crippen molar-refractivity contribution in [2.45, 2.75) is 38.5 Å². The Balaban J connectivity index is 1.87. The number of carbonyl (C=O) groups is 1. The van der Waals surface area contributed by atoms with Crippen LogP contribution in [0.2, 0.25) is 0 Å². The number of hydrogen-bond acceptors (Lipinski definition) is 4. The van der Waals surface area contributed by atoms with Gasteiger partial charge in [0.15, 0.2) is 11.3 Å². The second kappa shape index (κ2) is 7.64. The van der Waals surface area contributed by atoms with Crippen LogP contribution in [0.3, 0.4) is 0 Å². The van der Waals surface area contributed by atoms with Gasteiger partial charge in [0.1, 0.15) is 16.5 Å². The van der Waals surface area contributed by atoms with Crippen LogP contribution in [0, 0.1) is 32.4 Å². The van der Waals surface area contributed by atoms with Crippen LogP contribution in [-0.2, 0) is 10.0 Å². The Bertz CT molecular complexity index is 1310. The first-order chi connectivity index (χ1) is 14.6. The number of hydrogen-bond donors (Lipinski definition) is 1. The van der Waals surface area contributed by atoms with E-state index in [1.54, 1.807) is 31.7 Å². The fraction of sp³-hybridized carbons (Fsp3) is 0.318. The summed E-state index contributed by atoms with van der Waals surface area (Å²) in [4.78, 5) is 14.4. The van der Waals surface area contributed by atoms with Gasteiger partial charge in [0, 0.05) is 30.1 Å². The van der Waals surface area contributed by atoms with Gasteiger partial charge in [-0.2, -0.15) is 0 Å². The Morgan fingerprint density at radius 2 is 1.74 bits per heavy atom. The molecule has 2 heterocycles. The van der Waals surface area contributed by atoms with E-state index >= 15 is 0 Å². The van der Waals surface area contributed by atoms with E-state index in [0.717, 1.165) is 25.0 Å². The largest absolute Gasteiger partial charge is 0.449 e. The topological polar surface area (TPSA) is 79.6 Å². The van der Waals surface area contributed by atoms with E-state index in [9.17, 15) is 22.0 Å². The predicted molar refractivity (Wildman–Crippen MR) is 113 cm³/mol. The summed E-state index contributed by atoms with van der Waals surface area (Å²) in [6.07, 6.45) is 1.83. The Morgan fingerprint density at radius 3 is 2.39 bits per heavy atom. The van der Waals surface area contributed by atoms with E-state index in [1.165, 1.54) is 0 Å². The van der Waals surface area contributed by atoms with Crippen LogP contribution in [-0.4, -0.2) is 32.3 Å². The molecular formula is C22H22F2N2O4S. The van der Waals surface area contributed by atoms with Gasteiger partial charge in [-0.3, -0.25) is 9.52 Å². The minimum atomic E-state index is -4.31. The van der Waals surface area contributed by atoms with Gasteiger partial charge in [0.05, 0.1) is 5.69 Å². The van der Waals surface area contributed by atoms with Crippen molar-refractivity contribution in [2.24, 2.45) is 0 Å². The highest BCUT2D eigenvalue weighted by Gasteiger charge is 2.31. The number of rotatable bonds is 4. The lowest BCUT2D eigenvalue weighted by atomic mass is 10.0. The standard InChI is InChI=1S/C22H22F2N2O4S/c1-12-10-16-14(3)19(22(27)26-8-4-5-9-26)30-20(16)21(13(12)2)31(28,29)25-18-7-6-15(23)11-17(18)24/h6-7,10-11,25H,4-5,8-9H2,1-3H3. The zero-order chi connectivity index (χ0) is 22.5. The van der Waals surface area contributed by atoms with Crippen molar-refractivity contribution < 1.29 is 26.4 Å². The third kappa shape index (κ3) is 3.67. The number of aryl methyl sites for hydroxylation is 2. The molecule has 9 heteroatoms. The molecule has 164 valence electrons. The van der Waals surface area contributed by atoms with Gasteiger partial charge in [0.2, 0.25) is 0 Å². The average molecular weight is 448 g/mol. The van der Waals surface area contributed by atoms with Crippen LogP contribution >= 0.6 is 0 Å². The van der Waals surface area contributed by atoms with E-state index in [2.05, 4.69) is 4.72 Å².